The van der Waals surface area contributed by atoms with Crippen molar-refractivity contribution < 1.29 is 23.5 Å². The molecule has 3 aromatic rings. The van der Waals surface area contributed by atoms with Crippen LogP contribution in [0.15, 0.2) is 58.8 Å². The predicted octanol–water partition coefficient (Wildman–Crippen LogP) is 2.53. The van der Waals surface area contributed by atoms with Gasteiger partial charge in [0.05, 0.1) is 20.3 Å². The summed E-state index contributed by atoms with van der Waals surface area (Å²) in [6.45, 7) is 0. The molecular weight excluding hydrogens is 338 g/mol. The molecule has 8 heteroatoms. The van der Waals surface area contributed by atoms with Crippen LogP contribution in [0.25, 0.3) is 22.7 Å². The van der Waals surface area contributed by atoms with E-state index in [9.17, 15) is 9.59 Å². The van der Waals surface area contributed by atoms with Gasteiger partial charge in [0.1, 0.15) is 5.70 Å². The van der Waals surface area contributed by atoms with E-state index in [4.69, 9.17) is 4.42 Å². The highest BCUT2D eigenvalue weighted by molar-refractivity contribution is 5.98. The zero-order chi connectivity index (χ0) is 18.5. The Bertz CT molecular complexity index is 960. The normalized spacial score (nSPS) is 11.2. The lowest BCUT2D eigenvalue weighted by molar-refractivity contribution is -0.138. The molecule has 132 valence electrons. The molecule has 0 bridgehead atoms. The van der Waals surface area contributed by atoms with E-state index in [1.165, 1.54) is 14.2 Å². The maximum Gasteiger partial charge on any atom is 0.354 e. The third-order valence-corrected chi connectivity index (χ3v) is 3.42. The van der Waals surface area contributed by atoms with E-state index in [2.05, 4.69) is 24.8 Å². The smallest absolute Gasteiger partial charge is 0.354 e. The molecule has 2 aromatic heterocycles. The average molecular weight is 353 g/mol. The zero-order valence-electron chi connectivity index (χ0n) is 14.1. The van der Waals surface area contributed by atoms with E-state index in [1.807, 2.05) is 0 Å². The van der Waals surface area contributed by atoms with Crippen molar-refractivity contribution in [2.45, 2.75) is 0 Å². The molecule has 1 N–H and O–H groups in total. The van der Waals surface area contributed by atoms with Gasteiger partial charge in [-0.2, -0.15) is 4.98 Å². The number of fused-ring (bicyclic) bond motifs is 1. The van der Waals surface area contributed by atoms with Crippen molar-refractivity contribution in [2.75, 3.05) is 19.5 Å². The SMILES string of the molecule is COC(=O)/C=C(/Nc1cccc(-c2nc3ncccc3o2)c1)C(=O)OC. The highest BCUT2D eigenvalue weighted by Crippen LogP contribution is 2.25. The zero-order valence-corrected chi connectivity index (χ0v) is 14.1. The standard InChI is InChI=1S/C18H15N3O5/c1-24-15(22)10-13(18(23)25-2)20-12-6-3-5-11(9-12)17-21-16-14(26-17)7-4-8-19-16/h3-10,20H,1-2H3/b13-10+. The van der Waals surface area contributed by atoms with Gasteiger partial charge in [-0.1, -0.05) is 6.07 Å². The van der Waals surface area contributed by atoms with Gasteiger partial charge in [-0.15, -0.1) is 0 Å². The van der Waals surface area contributed by atoms with E-state index in [0.717, 1.165) is 6.08 Å². The number of benzene rings is 1. The summed E-state index contributed by atoms with van der Waals surface area (Å²) in [5, 5.41) is 2.84. The number of anilines is 1. The molecule has 0 atom stereocenters. The number of hydrogen-bond donors (Lipinski definition) is 1. The van der Waals surface area contributed by atoms with Gasteiger partial charge in [0, 0.05) is 17.4 Å². The second-order valence-electron chi connectivity index (χ2n) is 5.12. The molecular formula is C18H15N3O5. The number of oxazole rings is 1. The number of aromatic nitrogens is 2. The summed E-state index contributed by atoms with van der Waals surface area (Å²) in [5.74, 6) is -0.995. The van der Waals surface area contributed by atoms with E-state index in [1.54, 1.807) is 42.6 Å². The summed E-state index contributed by atoms with van der Waals surface area (Å²) >= 11 is 0. The van der Waals surface area contributed by atoms with Gasteiger partial charge >= 0.3 is 11.9 Å². The number of carbonyl (C=O) groups is 2. The molecule has 0 aliphatic rings. The monoisotopic (exact) mass is 353 g/mol. The van der Waals surface area contributed by atoms with E-state index >= 15 is 0 Å². The van der Waals surface area contributed by atoms with E-state index < -0.39 is 11.9 Å². The number of methoxy groups -OCH3 is 2. The Labute approximate surface area is 148 Å². The molecule has 8 nitrogen and oxygen atoms in total. The molecule has 0 radical (unpaired) electrons. The Morgan fingerprint density at radius 2 is 2.00 bits per heavy atom. The fraction of sp³-hybridized carbons (Fsp3) is 0.111. The fourth-order valence-electron chi connectivity index (χ4n) is 2.21. The maximum atomic E-state index is 11.8. The number of ether oxygens (including phenoxy) is 2. The summed E-state index contributed by atoms with van der Waals surface area (Å²) in [4.78, 5) is 31.7. The predicted molar refractivity (Wildman–Crippen MR) is 93.0 cm³/mol. The van der Waals surface area contributed by atoms with Gasteiger partial charge in [0.25, 0.3) is 0 Å². The Kier molecular flexibility index (Phi) is 4.93. The van der Waals surface area contributed by atoms with Crippen LogP contribution in [0.5, 0.6) is 0 Å². The van der Waals surface area contributed by atoms with Crippen LogP contribution in [-0.2, 0) is 19.1 Å². The molecule has 0 spiro atoms. The van der Waals surface area contributed by atoms with Gasteiger partial charge in [-0.05, 0) is 30.3 Å². The van der Waals surface area contributed by atoms with Crippen molar-refractivity contribution in [3.05, 3.63) is 54.4 Å². The minimum Gasteiger partial charge on any atom is -0.466 e. The van der Waals surface area contributed by atoms with E-state index in [-0.39, 0.29) is 5.70 Å². The maximum absolute atomic E-state index is 11.8. The highest BCUT2D eigenvalue weighted by Gasteiger charge is 2.14. The quantitative estimate of drug-likeness (QED) is 0.551. The number of hydrogen-bond acceptors (Lipinski definition) is 8. The second kappa shape index (κ2) is 7.47. The van der Waals surface area contributed by atoms with Gasteiger partial charge in [-0.25, -0.2) is 14.6 Å². The molecule has 2 heterocycles. The number of pyridine rings is 1. The highest BCUT2D eigenvalue weighted by atomic mass is 16.5. The molecule has 0 amide bonds. The lowest BCUT2D eigenvalue weighted by Gasteiger charge is -2.09. The van der Waals surface area contributed by atoms with E-state index in [0.29, 0.717) is 28.4 Å². The van der Waals surface area contributed by atoms with Crippen molar-refractivity contribution in [3.63, 3.8) is 0 Å². The number of rotatable bonds is 5. The van der Waals surface area contributed by atoms with Gasteiger partial charge in [-0.3, -0.25) is 0 Å². The van der Waals surface area contributed by atoms with Crippen LogP contribution < -0.4 is 5.32 Å². The molecule has 0 unspecified atom stereocenters. The van der Waals surface area contributed by atoms with Crippen LogP contribution in [0.2, 0.25) is 0 Å². The first kappa shape index (κ1) is 17.2. The molecule has 1 aromatic carbocycles. The molecule has 0 saturated heterocycles. The summed E-state index contributed by atoms with van der Waals surface area (Å²) in [6.07, 6.45) is 2.65. The Morgan fingerprint density at radius 3 is 2.73 bits per heavy atom. The topological polar surface area (TPSA) is 104 Å². The van der Waals surface area contributed by atoms with Gasteiger partial charge in [0.2, 0.25) is 5.89 Å². The third-order valence-electron chi connectivity index (χ3n) is 3.42. The van der Waals surface area contributed by atoms with Crippen molar-refractivity contribution >= 4 is 28.9 Å². The third kappa shape index (κ3) is 3.69. The van der Waals surface area contributed by atoms with Crippen LogP contribution in [0.1, 0.15) is 0 Å². The Balaban J connectivity index is 1.91. The lowest BCUT2D eigenvalue weighted by atomic mass is 10.2. The van der Waals surface area contributed by atoms with Gasteiger partial charge in [0.15, 0.2) is 11.2 Å². The first-order chi connectivity index (χ1) is 12.6. The summed E-state index contributed by atoms with van der Waals surface area (Å²) in [6, 6.07) is 10.5. The molecule has 0 saturated carbocycles. The van der Waals surface area contributed by atoms with Crippen LogP contribution in [0.3, 0.4) is 0 Å². The van der Waals surface area contributed by atoms with Crippen molar-refractivity contribution in [2.24, 2.45) is 0 Å². The minimum atomic E-state index is -0.702. The molecule has 0 aliphatic carbocycles. The summed E-state index contributed by atoms with van der Waals surface area (Å²) in [7, 11) is 2.44. The molecule has 0 fully saturated rings. The number of esters is 2. The van der Waals surface area contributed by atoms with Gasteiger partial charge < -0.3 is 19.2 Å². The largest absolute Gasteiger partial charge is 0.466 e. The first-order valence-electron chi connectivity index (χ1n) is 7.57. The minimum absolute atomic E-state index is 0.0595. The Hall–Kier alpha value is -3.68. The van der Waals surface area contributed by atoms with Crippen molar-refractivity contribution in [3.8, 4) is 11.5 Å². The molecule has 3 rings (SSSR count). The number of nitrogens with zero attached hydrogens (tertiary/aromatic N) is 2. The summed E-state index contributed by atoms with van der Waals surface area (Å²) < 4.78 is 14.9. The number of nitrogens with one attached hydrogen (secondary N) is 1. The molecule has 0 aliphatic heterocycles. The van der Waals surface area contributed by atoms with Crippen LogP contribution in [-0.4, -0.2) is 36.1 Å². The van der Waals surface area contributed by atoms with Crippen molar-refractivity contribution in [1.82, 2.24) is 9.97 Å². The lowest BCUT2D eigenvalue weighted by Crippen LogP contribution is -2.15. The fourth-order valence-corrected chi connectivity index (χ4v) is 2.21. The molecule has 26 heavy (non-hydrogen) atoms. The average Bonchev–Trinajstić information content (AvgIpc) is 3.11. The van der Waals surface area contributed by atoms with Crippen LogP contribution >= 0.6 is 0 Å². The van der Waals surface area contributed by atoms with Crippen LogP contribution in [0.4, 0.5) is 5.69 Å². The second-order valence-corrected chi connectivity index (χ2v) is 5.12. The Morgan fingerprint density at radius 1 is 1.15 bits per heavy atom. The number of carbonyl (C=O) groups excluding carboxylic acids is 2. The summed E-state index contributed by atoms with van der Waals surface area (Å²) in [5.41, 5.74) is 2.23. The van der Waals surface area contributed by atoms with Crippen molar-refractivity contribution in [1.29, 1.82) is 0 Å². The first-order valence-corrected chi connectivity index (χ1v) is 7.57. The van der Waals surface area contributed by atoms with Crippen LogP contribution in [0, 0.1) is 0 Å².